The van der Waals surface area contributed by atoms with Gasteiger partial charge in [0, 0.05) is 31.5 Å². The van der Waals surface area contributed by atoms with E-state index in [9.17, 15) is 18.8 Å². The van der Waals surface area contributed by atoms with Gasteiger partial charge in [-0.3, -0.25) is 14.4 Å². The van der Waals surface area contributed by atoms with Gasteiger partial charge in [-0.15, -0.1) is 5.92 Å². The van der Waals surface area contributed by atoms with Crippen molar-refractivity contribution in [3.63, 3.8) is 0 Å². The van der Waals surface area contributed by atoms with Crippen LogP contribution < -0.4 is 0 Å². The molecule has 1 aromatic rings. The second kappa shape index (κ2) is 8.10. The Hall–Kier alpha value is -2.48. The molecule has 0 N–H and O–H groups in total. The number of carbonyl (C=O) groups excluding carboxylic acids is 3. The molecule has 29 heavy (non-hydrogen) atoms. The number of rotatable bonds is 2. The van der Waals surface area contributed by atoms with Crippen molar-refractivity contribution >= 4 is 17.5 Å². The van der Waals surface area contributed by atoms with E-state index in [0.717, 1.165) is 22.3 Å². The zero-order valence-electron chi connectivity index (χ0n) is 17.6. The fourth-order valence-corrected chi connectivity index (χ4v) is 4.96. The fraction of sp³-hybridized carbons (Fsp3) is 0.542. The summed E-state index contributed by atoms with van der Waals surface area (Å²) in [6.07, 6.45) is 0.296. The van der Waals surface area contributed by atoms with Crippen molar-refractivity contribution in [1.82, 2.24) is 4.90 Å². The second-order valence-corrected chi connectivity index (χ2v) is 8.56. The largest absolute Gasteiger partial charge is 0.340 e. The molecule has 1 aliphatic heterocycles. The van der Waals surface area contributed by atoms with Crippen LogP contribution >= 0.6 is 0 Å². The minimum atomic E-state index is -1.52. The van der Waals surface area contributed by atoms with Crippen LogP contribution in [0.5, 0.6) is 0 Å². The van der Waals surface area contributed by atoms with E-state index in [1.165, 1.54) is 11.8 Å². The quantitative estimate of drug-likeness (QED) is 0.565. The Morgan fingerprint density at radius 1 is 1.14 bits per heavy atom. The van der Waals surface area contributed by atoms with E-state index in [1.807, 2.05) is 26.0 Å². The zero-order chi connectivity index (χ0) is 21.3. The molecule has 0 radical (unpaired) electrons. The first kappa shape index (κ1) is 21.2. The number of halogens is 1. The number of benzene rings is 1. The Morgan fingerprint density at radius 3 is 2.10 bits per heavy atom. The number of Topliss-reactive ketones (excluding diaryl/α,β-unsaturated/α-hetero) is 2. The van der Waals surface area contributed by atoms with Crippen LogP contribution in [0.2, 0.25) is 0 Å². The molecule has 1 unspecified atom stereocenters. The van der Waals surface area contributed by atoms with E-state index >= 15 is 0 Å². The maximum absolute atomic E-state index is 13.3. The summed E-state index contributed by atoms with van der Waals surface area (Å²) in [5.74, 6) is 4.61. The molecule has 3 rings (SSSR count). The summed E-state index contributed by atoms with van der Waals surface area (Å²) in [6.45, 7) is 7.68. The third-order valence-corrected chi connectivity index (χ3v) is 6.37. The molecule has 1 saturated heterocycles. The molecular formula is C24H28FNO3. The van der Waals surface area contributed by atoms with Crippen LogP contribution in [0.15, 0.2) is 12.1 Å². The summed E-state index contributed by atoms with van der Waals surface area (Å²) in [5.41, 5.74) is 3.15. The van der Waals surface area contributed by atoms with Gasteiger partial charge in [0.25, 0.3) is 5.91 Å². The van der Waals surface area contributed by atoms with Crippen molar-refractivity contribution in [1.29, 1.82) is 0 Å². The number of ketones is 2. The topological polar surface area (TPSA) is 54.5 Å². The van der Waals surface area contributed by atoms with Crippen molar-refractivity contribution < 1.29 is 18.8 Å². The van der Waals surface area contributed by atoms with Crippen LogP contribution in [0.4, 0.5) is 4.39 Å². The lowest BCUT2D eigenvalue weighted by atomic mass is 9.62. The summed E-state index contributed by atoms with van der Waals surface area (Å²) in [6, 6.07) is 3.87. The molecule has 1 spiro atoms. The molecule has 1 aromatic carbocycles. The van der Waals surface area contributed by atoms with Crippen LogP contribution in [0.3, 0.4) is 0 Å². The minimum absolute atomic E-state index is 0.0413. The number of hydrogen-bond acceptors (Lipinski definition) is 3. The SMILES string of the molecule is CC#Cc1cc(C)c(C2C(=O)CC3(CCN(C(=O)C(C)F)CC3)CC2=O)c(C)c1. The van der Waals surface area contributed by atoms with Gasteiger partial charge in [0.15, 0.2) is 6.17 Å². The first-order valence-electron chi connectivity index (χ1n) is 10.2. The average Bonchev–Trinajstić information content (AvgIpc) is 2.63. The Morgan fingerprint density at radius 2 is 1.66 bits per heavy atom. The van der Waals surface area contributed by atoms with Gasteiger partial charge in [0.2, 0.25) is 0 Å². The van der Waals surface area contributed by atoms with Gasteiger partial charge in [-0.2, -0.15) is 0 Å². The Bertz CT molecular complexity index is 871. The van der Waals surface area contributed by atoms with E-state index in [2.05, 4.69) is 11.8 Å². The highest BCUT2D eigenvalue weighted by atomic mass is 19.1. The number of likely N-dealkylation sites (tertiary alicyclic amines) is 1. The molecule has 0 aromatic heterocycles. The van der Waals surface area contributed by atoms with Crippen LogP contribution in [0, 0.1) is 31.1 Å². The van der Waals surface area contributed by atoms with Crippen LogP contribution in [-0.4, -0.2) is 41.6 Å². The van der Waals surface area contributed by atoms with Gasteiger partial charge >= 0.3 is 0 Å². The summed E-state index contributed by atoms with van der Waals surface area (Å²) < 4.78 is 13.3. The highest BCUT2D eigenvalue weighted by Gasteiger charge is 2.48. The number of piperidine rings is 1. The number of carbonyl (C=O) groups is 3. The lowest BCUT2D eigenvalue weighted by Gasteiger charge is -2.45. The van der Waals surface area contributed by atoms with Crippen molar-refractivity contribution in [3.05, 3.63) is 34.4 Å². The third kappa shape index (κ3) is 4.12. The lowest BCUT2D eigenvalue weighted by molar-refractivity contribution is -0.142. The average molecular weight is 397 g/mol. The highest BCUT2D eigenvalue weighted by molar-refractivity contribution is 6.10. The van der Waals surface area contributed by atoms with Crippen molar-refractivity contribution in [2.45, 2.75) is 65.5 Å². The van der Waals surface area contributed by atoms with Crippen LogP contribution in [0.25, 0.3) is 0 Å². The Labute approximate surface area is 171 Å². The number of aryl methyl sites for hydroxylation is 2. The second-order valence-electron chi connectivity index (χ2n) is 8.56. The number of hydrogen-bond donors (Lipinski definition) is 0. The number of alkyl halides is 1. The molecular weight excluding hydrogens is 369 g/mol. The van der Waals surface area contributed by atoms with E-state index in [4.69, 9.17) is 0 Å². The molecule has 2 aliphatic rings. The first-order valence-corrected chi connectivity index (χ1v) is 10.2. The minimum Gasteiger partial charge on any atom is -0.340 e. The highest BCUT2D eigenvalue weighted by Crippen LogP contribution is 2.46. The van der Waals surface area contributed by atoms with Gasteiger partial charge in [-0.1, -0.05) is 5.92 Å². The van der Waals surface area contributed by atoms with E-state index < -0.39 is 23.4 Å². The molecule has 154 valence electrons. The molecule has 5 heteroatoms. The fourth-order valence-electron chi connectivity index (χ4n) is 4.96. The van der Waals surface area contributed by atoms with Crippen molar-refractivity contribution in [3.8, 4) is 11.8 Å². The molecule has 1 heterocycles. The third-order valence-electron chi connectivity index (χ3n) is 6.37. The zero-order valence-corrected chi connectivity index (χ0v) is 17.6. The smallest absolute Gasteiger partial charge is 0.256 e. The van der Waals surface area contributed by atoms with Gasteiger partial charge in [0.1, 0.15) is 17.5 Å². The Kier molecular flexibility index (Phi) is 5.93. The number of amides is 1. The molecule has 1 aliphatic carbocycles. The van der Waals surface area contributed by atoms with Gasteiger partial charge < -0.3 is 4.90 Å². The summed E-state index contributed by atoms with van der Waals surface area (Å²) in [4.78, 5) is 39.7. The summed E-state index contributed by atoms with van der Waals surface area (Å²) in [5, 5.41) is 0. The maximum Gasteiger partial charge on any atom is 0.256 e. The van der Waals surface area contributed by atoms with Gasteiger partial charge in [0.05, 0.1) is 0 Å². The Balaban J connectivity index is 1.80. The molecule has 1 atom stereocenters. The molecule has 1 amide bonds. The number of nitrogens with zero attached hydrogens (tertiary/aromatic N) is 1. The van der Waals surface area contributed by atoms with Crippen LogP contribution in [-0.2, 0) is 14.4 Å². The molecule has 4 nitrogen and oxygen atoms in total. The summed E-state index contributed by atoms with van der Waals surface area (Å²) in [7, 11) is 0. The predicted octanol–water partition coefficient (Wildman–Crippen LogP) is 3.66. The predicted molar refractivity (Wildman–Crippen MR) is 109 cm³/mol. The maximum atomic E-state index is 13.3. The van der Waals surface area contributed by atoms with Crippen molar-refractivity contribution in [2.24, 2.45) is 5.41 Å². The van der Waals surface area contributed by atoms with E-state index in [-0.39, 0.29) is 11.6 Å². The van der Waals surface area contributed by atoms with Gasteiger partial charge in [-0.05, 0) is 74.8 Å². The first-order chi connectivity index (χ1) is 13.7. The summed E-state index contributed by atoms with van der Waals surface area (Å²) >= 11 is 0. The molecule has 1 saturated carbocycles. The molecule has 2 fully saturated rings. The molecule has 0 bridgehead atoms. The lowest BCUT2D eigenvalue weighted by Crippen LogP contribution is -2.49. The van der Waals surface area contributed by atoms with Crippen LogP contribution in [0.1, 0.15) is 67.7 Å². The van der Waals surface area contributed by atoms with E-state index in [1.54, 1.807) is 6.92 Å². The van der Waals surface area contributed by atoms with E-state index in [0.29, 0.717) is 38.8 Å². The van der Waals surface area contributed by atoms with Crippen molar-refractivity contribution in [2.75, 3.05) is 13.1 Å². The van der Waals surface area contributed by atoms with Gasteiger partial charge in [-0.25, -0.2) is 4.39 Å². The monoisotopic (exact) mass is 397 g/mol. The normalized spacial score (nSPS) is 20.4. The standard InChI is InChI=1S/C24H28FNO3/c1-5-6-18-11-15(2)21(16(3)12-18)22-19(27)13-24(14-20(22)28)7-9-26(10-8-24)23(29)17(4)25/h11-12,17,22H,7-10,13-14H2,1-4H3.